The van der Waals surface area contributed by atoms with Gasteiger partial charge in [0.05, 0.1) is 6.61 Å². The quantitative estimate of drug-likeness (QED) is 0.750. The number of nitrogens with zero attached hydrogens (tertiary/aromatic N) is 1. The van der Waals surface area contributed by atoms with Gasteiger partial charge in [-0.3, -0.25) is 0 Å². The number of aromatic nitrogens is 1. The van der Waals surface area contributed by atoms with Crippen molar-refractivity contribution in [1.82, 2.24) is 4.57 Å². The van der Waals surface area contributed by atoms with E-state index in [1.54, 1.807) is 19.2 Å². The van der Waals surface area contributed by atoms with Crippen LogP contribution in [0.25, 0.3) is 0 Å². The second-order valence-electron chi connectivity index (χ2n) is 3.34. The molecule has 0 bridgehead atoms. The number of anilines is 1. The Labute approximate surface area is 83.7 Å². The molecule has 0 unspecified atom stereocenters. The molecule has 0 aliphatic carbocycles. The van der Waals surface area contributed by atoms with Gasteiger partial charge >= 0.3 is 5.97 Å². The first-order chi connectivity index (χ1) is 6.57. The molecule has 0 aliphatic rings. The second kappa shape index (κ2) is 4.17. The summed E-state index contributed by atoms with van der Waals surface area (Å²) in [6, 6.07) is 1.94. The van der Waals surface area contributed by atoms with Crippen molar-refractivity contribution in [3.63, 3.8) is 0 Å². The number of carbonyl (C=O) groups excluding carboxylic acids is 1. The summed E-state index contributed by atoms with van der Waals surface area (Å²) in [5.74, 6) is 0.114. The van der Waals surface area contributed by atoms with Crippen LogP contribution in [0.2, 0.25) is 0 Å². The topological polar surface area (TPSA) is 57.2 Å². The molecule has 1 rings (SSSR count). The molecule has 0 aliphatic heterocycles. The van der Waals surface area contributed by atoms with Crippen molar-refractivity contribution in [3.05, 3.63) is 17.8 Å². The molecule has 0 saturated carbocycles. The molecule has 0 radical (unpaired) electrons. The Balaban J connectivity index is 2.95. The minimum Gasteiger partial charge on any atom is -0.462 e. The molecule has 14 heavy (non-hydrogen) atoms. The van der Waals surface area contributed by atoms with E-state index < -0.39 is 0 Å². The lowest BCUT2D eigenvalue weighted by Crippen LogP contribution is -2.10. The SMILES string of the molecule is CCOC(=O)c1ccn(C(C)C)c1N. The first kappa shape index (κ1) is 10.6. The second-order valence-corrected chi connectivity index (χ2v) is 3.34. The predicted molar refractivity (Wildman–Crippen MR) is 55.2 cm³/mol. The Bertz CT molecular complexity index is 329. The van der Waals surface area contributed by atoms with Crippen molar-refractivity contribution in [2.75, 3.05) is 12.3 Å². The lowest BCUT2D eigenvalue weighted by Gasteiger charge is -2.10. The molecule has 4 nitrogen and oxygen atoms in total. The molecule has 4 heteroatoms. The number of hydrogen-bond acceptors (Lipinski definition) is 3. The van der Waals surface area contributed by atoms with Crippen molar-refractivity contribution in [1.29, 1.82) is 0 Å². The van der Waals surface area contributed by atoms with Crippen LogP contribution in [-0.4, -0.2) is 17.1 Å². The lowest BCUT2D eigenvalue weighted by molar-refractivity contribution is 0.0527. The lowest BCUT2D eigenvalue weighted by atomic mass is 10.3. The van der Waals surface area contributed by atoms with Crippen molar-refractivity contribution in [3.8, 4) is 0 Å². The molecule has 0 spiro atoms. The molecule has 0 amide bonds. The van der Waals surface area contributed by atoms with Crippen LogP contribution in [0.5, 0.6) is 0 Å². The molecule has 0 atom stereocenters. The summed E-state index contributed by atoms with van der Waals surface area (Å²) in [6.07, 6.45) is 1.80. The number of esters is 1. The fourth-order valence-corrected chi connectivity index (χ4v) is 1.29. The molecular formula is C10H16N2O2. The molecule has 1 aromatic heterocycles. The van der Waals surface area contributed by atoms with E-state index in [9.17, 15) is 4.79 Å². The number of nitrogen functional groups attached to an aromatic ring is 1. The average Bonchev–Trinajstić information content (AvgIpc) is 2.47. The highest BCUT2D eigenvalue weighted by Gasteiger charge is 2.15. The third kappa shape index (κ3) is 1.89. The van der Waals surface area contributed by atoms with Gasteiger partial charge in [0.2, 0.25) is 0 Å². The standard InChI is InChI=1S/C10H16N2O2/c1-4-14-10(13)8-5-6-12(7(2)3)9(8)11/h5-7H,4,11H2,1-3H3. The van der Waals surface area contributed by atoms with Crippen molar-refractivity contribution < 1.29 is 9.53 Å². The maximum atomic E-state index is 11.4. The van der Waals surface area contributed by atoms with Crippen molar-refractivity contribution in [2.24, 2.45) is 0 Å². The minimum atomic E-state index is -0.357. The zero-order valence-corrected chi connectivity index (χ0v) is 8.78. The summed E-state index contributed by atoms with van der Waals surface area (Å²) < 4.78 is 6.71. The maximum Gasteiger partial charge on any atom is 0.341 e. The van der Waals surface area contributed by atoms with Crippen LogP contribution >= 0.6 is 0 Å². The van der Waals surface area contributed by atoms with Gasteiger partial charge in [0, 0.05) is 12.2 Å². The fraction of sp³-hybridized carbons (Fsp3) is 0.500. The Morgan fingerprint density at radius 3 is 2.71 bits per heavy atom. The van der Waals surface area contributed by atoms with Crippen LogP contribution in [0, 0.1) is 0 Å². The van der Waals surface area contributed by atoms with Gasteiger partial charge in [-0.2, -0.15) is 0 Å². The summed E-state index contributed by atoms with van der Waals surface area (Å²) in [7, 11) is 0. The van der Waals surface area contributed by atoms with Crippen molar-refractivity contribution >= 4 is 11.8 Å². The minimum absolute atomic E-state index is 0.248. The van der Waals surface area contributed by atoms with Gasteiger partial charge in [0.1, 0.15) is 11.4 Å². The molecule has 1 aromatic rings. The van der Waals surface area contributed by atoms with Gasteiger partial charge in [-0.25, -0.2) is 4.79 Å². The number of nitrogens with two attached hydrogens (primary N) is 1. The summed E-state index contributed by atoms with van der Waals surface area (Å²) in [5, 5.41) is 0. The van der Waals surface area contributed by atoms with E-state index in [1.807, 2.05) is 18.4 Å². The zero-order chi connectivity index (χ0) is 10.7. The first-order valence-electron chi connectivity index (χ1n) is 4.71. The molecular weight excluding hydrogens is 180 g/mol. The largest absolute Gasteiger partial charge is 0.462 e. The highest BCUT2D eigenvalue weighted by molar-refractivity contribution is 5.94. The Hall–Kier alpha value is -1.45. The van der Waals surface area contributed by atoms with Gasteiger partial charge in [0.15, 0.2) is 0 Å². The summed E-state index contributed by atoms with van der Waals surface area (Å²) in [4.78, 5) is 11.4. The average molecular weight is 196 g/mol. The van der Waals surface area contributed by atoms with Gasteiger partial charge < -0.3 is 15.0 Å². The van der Waals surface area contributed by atoms with E-state index in [2.05, 4.69) is 0 Å². The predicted octanol–water partition coefficient (Wildman–Crippen LogP) is 1.83. The van der Waals surface area contributed by atoms with E-state index in [4.69, 9.17) is 10.5 Å². The number of hydrogen-bond donors (Lipinski definition) is 1. The highest BCUT2D eigenvalue weighted by Crippen LogP contribution is 2.19. The van der Waals surface area contributed by atoms with Crippen LogP contribution in [0.4, 0.5) is 5.82 Å². The molecule has 0 fully saturated rings. The van der Waals surface area contributed by atoms with Crippen LogP contribution in [-0.2, 0) is 4.74 Å². The first-order valence-corrected chi connectivity index (χ1v) is 4.71. The third-order valence-electron chi connectivity index (χ3n) is 2.01. The smallest absolute Gasteiger partial charge is 0.341 e. The molecule has 1 heterocycles. The van der Waals surface area contributed by atoms with Crippen LogP contribution in [0.15, 0.2) is 12.3 Å². The number of ether oxygens (including phenoxy) is 1. The zero-order valence-electron chi connectivity index (χ0n) is 8.78. The van der Waals surface area contributed by atoms with Crippen LogP contribution in [0.3, 0.4) is 0 Å². The third-order valence-corrected chi connectivity index (χ3v) is 2.01. The van der Waals surface area contributed by atoms with Gasteiger partial charge in [0.25, 0.3) is 0 Å². The Morgan fingerprint density at radius 2 is 2.29 bits per heavy atom. The number of rotatable bonds is 3. The van der Waals surface area contributed by atoms with E-state index >= 15 is 0 Å². The van der Waals surface area contributed by atoms with E-state index in [-0.39, 0.29) is 12.0 Å². The van der Waals surface area contributed by atoms with E-state index in [0.717, 1.165) is 0 Å². The van der Waals surface area contributed by atoms with E-state index in [0.29, 0.717) is 18.0 Å². The monoisotopic (exact) mass is 196 g/mol. The maximum absolute atomic E-state index is 11.4. The van der Waals surface area contributed by atoms with Gasteiger partial charge in [-0.05, 0) is 26.8 Å². The molecule has 0 saturated heterocycles. The summed E-state index contributed by atoms with van der Waals surface area (Å²) in [6.45, 7) is 6.15. The van der Waals surface area contributed by atoms with Crippen molar-refractivity contribution in [2.45, 2.75) is 26.8 Å². The molecule has 78 valence electrons. The van der Waals surface area contributed by atoms with Gasteiger partial charge in [-0.1, -0.05) is 0 Å². The fourth-order valence-electron chi connectivity index (χ4n) is 1.29. The van der Waals surface area contributed by atoms with Gasteiger partial charge in [-0.15, -0.1) is 0 Å². The Morgan fingerprint density at radius 1 is 1.64 bits per heavy atom. The molecule has 2 N–H and O–H groups in total. The normalized spacial score (nSPS) is 10.6. The number of carbonyl (C=O) groups is 1. The van der Waals surface area contributed by atoms with Crippen LogP contribution < -0.4 is 5.73 Å². The molecule has 0 aromatic carbocycles. The van der Waals surface area contributed by atoms with E-state index in [1.165, 1.54) is 0 Å². The summed E-state index contributed by atoms with van der Waals surface area (Å²) in [5.41, 5.74) is 6.24. The highest BCUT2D eigenvalue weighted by atomic mass is 16.5. The Kier molecular flexibility index (Phi) is 3.17. The van der Waals surface area contributed by atoms with Crippen LogP contribution in [0.1, 0.15) is 37.2 Å². The summed E-state index contributed by atoms with van der Waals surface area (Å²) >= 11 is 0.